The van der Waals surface area contributed by atoms with Crippen molar-refractivity contribution >= 4 is 22.6 Å². The smallest absolute Gasteiger partial charge is 0.344 e. The predicted octanol–water partition coefficient (Wildman–Crippen LogP) is 2.39. The van der Waals surface area contributed by atoms with Crippen LogP contribution in [-0.4, -0.2) is 35.7 Å². The second-order valence-corrected chi connectivity index (χ2v) is 6.96. The van der Waals surface area contributed by atoms with E-state index in [-0.39, 0.29) is 37.3 Å². The fraction of sp³-hybridized carbons (Fsp3) is 0.476. The van der Waals surface area contributed by atoms with Crippen molar-refractivity contribution in [3.05, 3.63) is 40.8 Å². The monoisotopic (exact) mass is 386 g/mol. The van der Waals surface area contributed by atoms with Crippen molar-refractivity contribution in [3.8, 4) is 5.75 Å². The first-order chi connectivity index (χ1) is 13.6. The number of hydrogen-bond acceptors (Lipinski definition) is 5. The van der Waals surface area contributed by atoms with Crippen LogP contribution in [0.1, 0.15) is 39.0 Å². The highest BCUT2D eigenvalue weighted by molar-refractivity contribution is 5.88. The Bertz CT molecular complexity index is 899. The van der Waals surface area contributed by atoms with E-state index in [2.05, 4.69) is 5.32 Å². The Morgan fingerprint density at radius 3 is 2.68 bits per heavy atom. The van der Waals surface area contributed by atoms with Gasteiger partial charge in [0.2, 0.25) is 5.91 Å². The summed E-state index contributed by atoms with van der Waals surface area (Å²) in [6, 6.07) is 7.01. The highest BCUT2D eigenvalue weighted by Gasteiger charge is 2.17. The van der Waals surface area contributed by atoms with Gasteiger partial charge < -0.3 is 19.4 Å². The maximum Gasteiger partial charge on any atom is 0.344 e. The van der Waals surface area contributed by atoms with Crippen LogP contribution >= 0.6 is 0 Å². The zero-order valence-corrected chi connectivity index (χ0v) is 16.1. The first kappa shape index (κ1) is 19.9. The molecule has 0 aliphatic heterocycles. The summed E-state index contributed by atoms with van der Waals surface area (Å²) >= 11 is 0. The van der Waals surface area contributed by atoms with Gasteiger partial charge in [-0.2, -0.15) is 0 Å². The van der Waals surface area contributed by atoms with Gasteiger partial charge >= 0.3 is 5.97 Å². The molecule has 1 aliphatic rings. The molecule has 1 aromatic heterocycles. The summed E-state index contributed by atoms with van der Waals surface area (Å²) in [6.07, 6.45) is 7.07. The minimum absolute atomic E-state index is 0.0147. The number of benzene rings is 1. The van der Waals surface area contributed by atoms with E-state index in [0.29, 0.717) is 16.5 Å². The van der Waals surface area contributed by atoms with Crippen molar-refractivity contribution in [2.24, 2.45) is 0 Å². The molecule has 0 radical (unpaired) electrons. The molecule has 1 amide bonds. The van der Waals surface area contributed by atoms with E-state index in [1.165, 1.54) is 11.0 Å². The molecule has 0 saturated heterocycles. The summed E-state index contributed by atoms with van der Waals surface area (Å²) in [6.45, 7) is 1.77. The molecule has 0 bridgehead atoms. The van der Waals surface area contributed by atoms with E-state index in [0.717, 1.165) is 25.7 Å². The van der Waals surface area contributed by atoms with E-state index in [1.807, 2.05) is 0 Å². The van der Waals surface area contributed by atoms with Gasteiger partial charge in [0.15, 0.2) is 6.61 Å². The first-order valence-corrected chi connectivity index (χ1v) is 9.78. The van der Waals surface area contributed by atoms with E-state index in [9.17, 15) is 14.4 Å². The van der Waals surface area contributed by atoms with E-state index in [4.69, 9.17) is 9.47 Å². The van der Waals surface area contributed by atoms with Gasteiger partial charge in [0.1, 0.15) is 12.3 Å². The van der Waals surface area contributed by atoms with Crippen molar-refractivity contribution in [1.82, 2.24) is 9.88 Å². The molecule has 7 heteroatoms. The Balaban J connectivity index is 1.73. The van der Waals surface area contributed by atoms with Crippen molar-refractivity contribution in [1.29, 1.82) is 0 Å². The van der Waals surface area contributed by atoms with E-state index < -0.39 is 5.97 Å². The first-order valence-electron chi connectivity index (χ1n) is 9.78. The van der Waals surface area contributed by atoms with Crippen molar-refractivity contribution < 1.29 is 19.1 Å². The number of amides is 1. The molecule has 0 unspecified atom stereocenters. The Labute approximate surface area is 163 Å². The highest BCUT2D eigenvalue weighted by atomic mass is 16.6. The number of carbonyl (C=O) groups is 2. The van der Waals surface area contributed by atoms with Gasteiger partial charge in [-0.3, -0.25) is 9.59 Å². The van der Waals surface area contributed by atoms with Gasteiger partial charge in [0.25, 0.3) is 5.56 Å². The molecule has 7 nitrogen and oxygen atoms in total. The topological polar surface area (TPSA) is 86.6 Å². The van der Waals surface area contributed by atoms with Crippen LogP contribution in [0.3, 0.4) is 0 Å². The zero-order chi connectivity index (χ0) is 19.9. The molecule has 1 aromatic carbocycles. The van der Waals surface area contributed by atoms with Crippen molar-refractivity contribution in [2.45, 2.75) is 51.6 Å². The molecule has 3 rings (SSSR count). The minimum atomic E-state index is -0.466. The van der Waals surface area contributed by atoms with Crippen LogP contribution < -0.4 is 15.6 Å². The Morgan fingerprint density at radius 1 is 1.14 bits per heavy atom. The summed E-state index contributed by atoms with van der Waals surface area (Å²) in [7, 11) is 0. The maximum absolute atomic E-state index is 12.8. The maximum atomic E-state index is 12.8. The molecule has 1 N–H and O–H groups in total. The van der Waals surface area contributed by atoms with Crippen LogP contribution in [0, 0.1) is 0 Å². The fourth-order valence-electron chi connectivity index (χ4n) is 3.55. The molecule has 1 saturated carbocycles. The quantitative estimate of drug-likeness (QED) is 0.739. The largest absolute Gasteiger partial charge is 0.481 e. The van der Waals surface area contributed by atoms with Gasteiger partial charge in [-0.05, 0) is 38.0 Å². The second kappa shape index (κ2) is 9.39. The van der Waals surface area contributed by atoms with Gasteiger partial charge in [0.05, 0.1) is 12.0 Å². The summed E-state index contributed by atoms with van der Waals surface area (Å²) in [5.41, 5.74) is -0.266. The Hall–Kier alpha value is -2.83. The second-order valence-electron chi connectivity index (χ2n) is 6.96. The predicted molar refractivity (Wildman–Crippen MR) is 105 cm³/mol. The number of hydrogen-bond donors (Lipinski definition) is 1. The Kier molecular flexibility index (Phi) is 6.68. The lowest BCUT2D eigenvalue weighted by molar-refractivity contribution is -0.145. The summed E-state index contributed by atoms with van der Waals surface area (Å²) in [5, 5.41) is 4.06. The molecular weight excluding hydrogens is 360 g/mol. The van der Waals surface area contributed by atoms with Gasteiger partial charge in [-0.25, -0.2) is 4.79 Å². The van der Waals surface area contributed by atoms with Crippen molar-refractivity contribution in [2.75, 3.05) is 13.2 Å². The standard InChI is InChI=1S/C21H26N2O5/c1-2-27-20(25)14-28-18-10-6-9-17-16(18)11-12-23(21(17)26)13-19(24)22-15-7-4-3-5-8-15/h6,9-12,15H,2-5,7-8,13-14H2,1H3,(H,22,24). The lowest BCUT2D eigenvalue weighted by atomic mass is 9.95. The van der Waals surface area contributed by atoms with Crippen LogP contribution in [0.25, 0.3) is 10.8 Å². The molecule has 0 spiro atoms. The third-order valence-corrected chi connectivity index (χ3v) is 4.91. The molecule has 1 fully saturated rings. The van der Waals surface area contributed by atoms with Crippen LogP contribution in [0.5, 0.6) is 5.75 Å². The van der Waals surface area contributed by atoms with Gasteiger partial charge in [-0.15, -0.1) is 0 Å². The SMILES string of the molecule is CCOC(=O)COc1cccc2c(=O)n(CC(=O)NC3CCCCC3)ccc12. The highest BCUT2D eigenvalue weighted by Crippen LogP contribution is 2.23. The van der Waals surface area contributed by atoms with E-state index >= 15 is 0 Å². The number of aromatic nitrogens is 1. The Morgan fingerprint density at radius 2 is 1.93 bits per heavy atom. The van der Waals surface area contributed by atoms with Crippen LogP contribution in [0.15, 0.2) is 35.3 Å². The number of fused-ring (bicyclic) bond motifs is 1. The van der Waals surface area contributed by atoms with Crippen LogP contribution in [0.2, 0.25) is 0 Å². The molecule has 28 heavy (non-hydrogen) atoms. The van der Waals surface area contributed by atoms with Gasteiger partial charge in [0, 0.05) is 17.6 Å². The van der Waals surface area contributed by atoms with Crippen LogP contribution in [-0.2, 0) is 20.9 Å². The lowest BCUT2D eigenvalue weighted by Crippen LogP contribution is -2.39. The number of carbonyl (C=O) groups excluding carboxylic acids is 2. The number of ether oxygens (including phenoxy) is 2. The molecule has 0 atom stereocenters. The number of rotatable bonds is 7. The zero-order valence-electron chi connectivity index (χ0n) is 16.1. The molecular formula is C21H26N2O5. The average Bonchev–Trinajstić information content (AvgIpc) is 2.69. The van der Waals surface area contributed by atoms with Crippen molar-refractivity contribution in [3.63, 3.8) is 0 Å². The van der Waals surface area contributed by atoms with E-state index in [1.54, 1.807) is 37.4 Å². The minimum Gasteiger partial charge on any atom is -0.481 e. The molecule has 1 heterocycles. The third-order valence-electron chi connectivity index (χ3n) is 4.91. The van der Waals surface area contributed by atoms with Crippen LogP contribution in [0.4, 0.5) is 0 Å². The summed E-state index contributed by atoms with van der Waals surface area (Å²) < 4.78 is 11.8. The molecule has 150 valence electrons. The number of nitrogens with one attached hydrogen (secondary N) is 1. The fourth-order valence-corrected chi connectivity index (χ4v) is 3.55. The normalized spacial score (nSPS) is 14.6. The molecule has 2 aromatic rings. The number of esters is 1. The third kappa shape index (κ3) is 4.91. The summed E-state index contributed by atoms with van der Waals surface area (Å²) in [5.74, 6) is -0.184. The summed E-state index contributed by atoms with van der Waals surface area (Å²) in [4.78, 5) is 36.6. The van der Waals surface area contributed by atoms with Gasteiger partial charge in [-0.1, -0.05) is 25.3 Å². The number of nitrogens with zero attached hydrogens (tertiary/aromatic N) is 1. The lowest BCUT2D eigenvalue weighted by Gasteiger charge is -2.23. The average molecular weight is 386 g/mol. The molecule has 1 aliphatic carbocycles. The number of pyridine rings is 1.